The van der Waals surface area contributed by atoms with Crippen LogP contribution in [-0.2, 0) is 14.0 Å². The SMILES string of the molecule is CCC1(COCC(F)(F)F)CC=C(B2OC(C)(C)C(C)(C)O2)CC1. The van der Waals surface area contributed by atoms with Crippen molar-refractivity contribution in [2.24, 2.45) is 5.41 Å². The monoisotopic (exact) mass is 348 g/mol. The number of alkyl halides is 3. The summed E-state index contributed by atoms with van der Waals surface area (Å²) in [4.78, 5) is 0. The average Bonchev–Trinajstić information content (AvgIpc) is 2.66. The van der Waals surface area contributed by atoms with Gasteiger partial charge in [-0.3, -0.25) is 0 Å². The van der Waals surface area contributed by atoms with Crippen molar-refractivity contribution in [3.05, 3.63) is 11.5 Å². The molecule has 0 aromatic carbocycles. The van der Waals surface area contributed by atoms with E-state index in [4.69, 9.17) is 14.0 Å². The first-order valence-corrected chi connectivity index (χ1v) is 8.59. The van der Waals surface area contributed by atoms with Crippen molar-refractivity contribution >= 4 is 7.12 Å². The van der Waals surface area contributed by atoms with E-state index >= 15 is 0 Å². The molecule has 0 aromatic rings. The summed E-state index contributed by atoms with van der Waals surface area (Å²) in [5.41, 5.74) is 0.105. The topological polar surface area (TPSA) is 27.7 Å². The Morgan fingerprint density at radius 1 is 1.17 bits per heavy atom. The second kappa shape index (κ2) is 6.65. The maximum absolute atomic E-state index is 12.3. The minimum atomic E-state index is -4.27. The molecule has 3 nitrogen and oxygen atoms in total. The van der Waals surface area contributed by atoms with Crippen LogP contribution in [0.2, 0.25) is 0 Å². The van der Waals surface area contributed by atoms with E-state index < -0.39 is 12.8 Å². The molecular weight excluding hydrogens is 320 g/mol. The van der Waals surface area contributed by atoms with E-state index in [-0.39, 0.29) is 30.3 Å². The number of ether oxygens (including phenoxy) is 1. The standard InChI is InChI=1S/C17H28BF3O3/c1-6-16(11-22-12-17(19,20)21)9-7-13(8-10-16)18-23-14(2,3)15(4,5)24-18/h7H,6,8-12H2,1-5H3. The van der Waals surface area contributed by atoms with E-state index in [0.29, 0.717) is 6.42 Å². The molecule has 1 atom stereocenters. The zero-order valence-corrected chi connectivity index (χ0v) is 15.3. The van der Waals surface area contributed by atoms with Crippen molar-refractivity contribution in [2.45, 2.75) is 77.7 Å². The molecule has 24 heavy (non-hydrogen) atoms. The van der Waals surface area contributed by atoms with E-state index in [1.807, 2.05) is 34.6 Å². The third-order valence-corrected chi connectivity index (χ3v) is 5.72. The lowest BCUT2D eigenvalue weighted by atomic mass is 9.65. The van der Waals surface area contributed by atoms with Gasteiger partial charge in [0.25, 0.3) is 0 Å². The van der Waals surface area contributed by atoms with Crippen LogP contribution in [0.4, 0.5) is 13.2 Å². The Bertz CT molecular complexity index is 472. The van der Waals surface area contributed by atoms with Gasteiger partial charge in [0.1, 0.15) is 6.61 Å². The second-order valence-corrected chi connectivity index (χ2v) is 8.03. The summed E-state index contributed by atoms with van der Waals surface area (Å²) in [7, 11) is -0.360. The first kappa shape index (κ1) is 19.8. The van der Waals surface area contributed by atoms with Crippen LogP contribution in [0.15, 0.2) is 11.5 Å². The van der Waals surface area contributed by atoms with Gasteiger partial charge in [0.2, 0.25) is 0 Å². The molecule has 0 saturated carbocycles. The minimum absolute atomic E-state index is 0.135. The summed E-state index contributed by atoms with van der Waals surface area (Å²) in [5, 5.41) is 0. The van der Waals surface area contributed by atoms with Crippen molar-refractivity contribution < 1.29 is 27.2 Å². The number of rotatable bonds is 5. The predicted molar refractivity (Wildman–Crippen MR) is 87.6 cm³/mol. The summed E-state index contributed by atoms with van der Waals surface area (Å²) >= 11 is 0. The second-order valence-electron chi connectivity index (χ2n) is 8.03. The maximum atomic E-state index is 12.3. The summed E-state index contributed by atoms with van der Waals surface area (Å²) < 4.78 is 53.9. The molecule has 0 amide bonds. The zero-order chi connectivity index (χ0) is 18.2. The van der Waals surface area contributed by atoms with Crippen LogP contribution in [0, 0.1) is 5.41 Å². The fraction of sp³-hybridized carbons (Fsp3) is 0.882. The van der Waals surface area contributed by atoms with E-state index in [0.717, 1.165) is 24.7 Å². The Labute approximate surface area is 143 Å². The molecule has 1 fully saturated rings. The van der Waals surface area contributed by atoms with Gasteiger partial charge in [0.15, 0.2) is 0 Å². The average molecular weight is 348 g/mol. The molecule has 0 aromatic heterocycles. The Hall–Kier alpha value is -0.525. The van der Waals surface area contributed by atoms with E-state index in [1.165, 1.54) is 0 Å². The molecule has 1 saturated heterocycles. The lowest BCUT2D eigenvalue weighted by Crippen LogP contribution is -2.41. The van der Waals surface area contributed by atoms with E-state index in [2.05, 4.69) is 6.08 Å². The van der Waals surface area contributed by atoms with Crippen LogP contribution in [-0.4, -0.2) is 37.7 Å². The van der Waals surface area contributed by atoms with Gasteiger partial charge in [-0.2, -0.15) is 13.2 Å². The fourth-order valence-electron chi connectivity index (χ4n) is 3.11. The number of hydrogen-bond donors (Lipinski definition) is 0. The van der Waals surface area contributed by atoms with Gasteiger partial charge in [-0.05, 0) is 64.3 Å². The van der Waals surface area contributed by atoms with Crippen molar-refractivity contribution in [1.29, 1.82) is 0 Å². The van der Waals surface area contributed by atoms with Gasteiger partial charge in [0, 0.05) is 0 Å². The van der Waals surface area contributed by atoms with Crippen LogP contribution in [0.5, 0.6) is 0 Å². The maximum Gasteiger partial charge on any atom is 0.490 e. The molecular formula is C17H28BF3O3. The van der Waals surface area contributed by atoms with E-state index in [1.54, 1.807) is 0 Å². The van der Waals surface area contributed by atoms with Gasteiger partial charge in [-0.15, -0.1) is 0 Å². The molecule has 2 aliphatic rings. The Kier molecular flexibility index (Phi) is 5.49. The van der Waals surface area contributed by atoms with Gasteiger partial charge >= 0.3 is 13.3 Å². The van der Waals surface area contributed by atoms with Gasteiger partial charge in [-0.25, -0.2) is 0 Å². The highest BCUT2D eigenvalue weighted by atomic mass is 19.4. The van der Waals surface area contributed by atoms with Gasteiger partial charge in [-0.1, -0.05) is 13.0 Å². The quantitative estimate of drug-likeness (QED) is 0.674. The molecule has 138 valence electrons. The van der Waals surface area contributed by atoms with Crippen molar-refractivity contribution in [3.63, 3.8) is 0 Å². The van der Waals surface area contributed by atoms with Crippen molar-refractivity contribution in [3.8, 4) is 0 Å². The van der Waals surface area contributed by atoms with Gasteiger partial charge < -0.3 is 14.0 Å². The molecule has 0 N–H and O–H groups in total. The zero-order valence-electron chi connectivity index (χ0n) is 15.3. The number of hydrogen-bond acceptors (Lipinski definition) is 3. The number of allylic oxidation sites excluding steroid dienone is 2. The summed E-state index contributed by atoms with van der Waals surface area (Å²) in [6.45, 7) is 9.01. The smallest absolute Gasteiger partial charge is 0.400 e. The molecule has 1 aliphatic carbocycles. The lowest BCUT2D eigenvalue weighted by Gasteiger charge is -2.36. The highest BCUT2D eigenvalue weighted by molar-refractivity contribution is 6.54. The Balaban J connectivity index is 1.97. The van der Waals surface area contributed by atoms with Crippen molar-refractivity contribution in [2.75, 3.05) is 13.2 Å². The molecule has 2 rings (SSSR count). The predicted octanol–water partition coefficient (Wildman–Crippen LogP) is 4.70. The lowest BCUT2D eigenvalue weighted by molar-refractivity contribution is -0.181. The summed E-state index contributed by atoms with van der Waals surface area (Å²) in [6.07, 6.45) is 0.843. The van der Waals surface area contributed by atoms with Crippen LogP contribution < -0.4 is 0 Å². The molecule has 1 unspecified atom stereocenters. The Morgan fingerprint density at radius 2 is 1.75 bits per heavy atom. The molecule has 0 bridgehead atoms. The largest absolute Gasteiger partial charge is 0.490 e. The first-order chi connectivity index (χ1) is 10.9. The van der Waals surface area contributed by atoms with Crippen molar-refractivity contribution in [1.82, 2.24) is 0 Å². The third kappa shape index (κ3) is 4.35. The highest BCUT2D eigenvalue weighted by Crippen LogP contribution is 2.44. The third-order valence-electron chi connectivity index (χ3n) is 5.72. The van der Waals surface area contributed by atoms with Crippen LogP contribution in [0.1, 0.15) is 60.3 Å². The molecule has 1 heterocycles. The van der Waals surface area contributed by atoms with E-state index in [9.17, 15) is 13.2 Å². The molecule has 0 spiro atoms. The van der Waals surface area contributed by atoms with Crippen LogP contribution in [0.25, 0.3) is 0 Å². The van der Waals surface area contributed by atoms with Crippen LogP contribution >= 0.6 is 0 Å². The highest BCUT2D eigenvalue weighted by Gasteiger charge is 2.52. The first-order valence-electron chi connectivity index (χ1n) is 8.59. The number of halogens is 3. The molecule has 7 heteroatoms. The van der Waals surface area contributed by atoms with Crippen LogP contribution in [0.3, 0.4) is 0 Å². The van der Waals surface area contributed by atoms with Gasteiger partial charge in [0.05, 0.1) is 17.8 Å². The Morgan fingerprint density at radius 3 is 2.17 bits per heavy atom. The normalized spacial score (nSPS) is 29.7. The molecule has 1 aliphatic heterocycles. The minimum Gasteiger partial charge on any atom is -0.400 e. The molecule has 0 radical (unpaired) electrons. The fourth-order valence-corrected chi connectivity index (χ4v) is 3.11. The summed E-state index contributed by atoms with van der Waals surface area (Å²) in [6, 6.07) is 0. The summed E-state index contributed by atoms with van der Waals surface area (Å²) in [5.74, 6) is 0.